The largest absolute Gasteiger partial charge is 0.470 e. The van der Waals surface area contributed by atoms with Gasteiger partial charge in [-0.25, -0.2) is 18.0 Å². The molecule has 0 aliphatic carbocycles. The van der Waals surface area contributed by atoms with Crippen molar-refractivity contribution in [2.24, 2.45) is 0 Å². The highest BCUT2D eigenvalue weighted by Crippen LogP contribution is 2.32. The van der Waals surface area contributed by atoms with Crippen LogP contribution in [0.4, 0.5) is 36.8 Å². The molecule has 0 spiro atoms. The number of likely N-dealkylation sites (tertiary alicyclic amines) is 1. The van der Waals surface area contributed by atoms with Crippen molar-refractivity contribution < 1.29 is 35.6 Å². The number of halogens is 7. The van der Waals surface area contributed by atoms with Gasteiger partial charge in [0.15, 0.2) is 0 Å². The fraction of sp³-hybridized carbons (Fsp3) is 0.286. The molecule has 1 saturated heterocycles. The smallest absolute Gasteiger partial charge is 0.413 e. The van der Waals surface area contributed by atoms with Gasteiger partial charge in [-0.2, -0.15) is 13.2 Å². The Labute approximate surface area is 193 Å². The van der Waals surface area contributed by atoms with E-state index in [2.05, 4.69) is 14.6 Å². The van der Waals surface area contributed by atoms with Crippen molar-refractivity contribution in [3.8, 4) is 11.5 Å². The van der Waals surface area contributed by atoms with Gasteiger partial charge < -0.3 is 9.32 Å². The number of urea groups is 1. The minimum atomic E-state index is -4.85. The summed E-state index contributed by atoms with van der Waals surface area (Å²) in [5.74, 6) is -3.72. The Hall–Kier alpha value is -3.28. The number of anilines is 1. The predicted molar refractivity (Wildman–Crippen MR) is 109 cm³/mol. The summed E-state index contributed by atoms with van der Waals surface area (Å²) in [5.41, 5.74) is 0.0183. The van der Waals surface area contributed by atoms with Crippen LogP contribution in [-0.2, 0) is 12.7 Å². The summed E-state index contributed by atoms with van der Waals surface area (Å²) in [7, 11) is 0. The van der Waals surface area contributed by atoms with Crippen LogP contribution < -0.4 is 4.90 Å². The van der Waals surface area contributed by atoms with Crippen molar-refractivity contribution in [1.82, 2.24) is 15.1 Å². The van der Waals surface area contributed by atoms with Crippen LogP contribution in [0.25, 0.3) is 11.5 Å². The Morgan fingerprint density at radius 3 is 2.50 bits per heavy atom. The summed E-state index contributed by atoms with van der Waals surface area (Å²) in [6.07, 6.45) is -5.90. The topological polar surface area (TPSA) is 62.5 Å². The highest BCUT2D eigenvalue weighted by Gasteiger charge is 2.38. The molecule has 0 N–H and O–H groups in total. The maximum absolute atomic E-state index is 14.9. The van der Waals surface area contributed by atoms with E-state index in [4.69, 9.17) is 11.6 Å². The average molecular weight is 505 g/mol. The quantitative estimate of drug-likeness (QED) is 0.418. The van der Waals surface area contributed by atoms with E-state index in [9.17, 15) is 31.1 Å². The lowest BCUT2D eigenvalue weighted by Crippen LogP contribution is -2.42. The van der Waals surface area contributed by atoms with Gasteiger partial charge in [-0.15, -0.1) is 10.2 Å². The Morgan fingerprint density at radius 1 is 1.15 bits per heavy atom. The van der Waals surface area contributed by atoms with Crippen molar-refractivity contribution in [1.29, 1.82) is 0 Å². The van der Waals surface area contributed by atoms with Crippen LogP contribution in [0.15, 0.2) is 40.8 Å². The van der Waals surface area contributed by atoms with Crippen molar-refractivity contribution in [3.05, 3.63) is 64.5 Å². The molecule has 34 heavy (non-hydrogen) atoms. The maximum atomic E-state index is 14.9. The van der Waals surface area contributed by atoms with Gasteiger partial charge in [-0.3, -0.25) is 4.90 Å². The van der Waals surface area contributed by atoms with Gasteiger partial charge >= 0.3 is 18.1 Å². The minimum absolute atomic E-state index is 0.0240. The van der Waals surface area contributed by atoms with Crippen LogP contribution >= 0.6 is 11.6 Å². The van der Waals surface area contributed by atoms with E-state index in [1.165, 1.54) is 29.2 Å². The van der Waals surface area contributed by atoms with E-state index >= 15 is 0 Å². The monoisotopic (exact) mass is 504 g/mol. The molecule has 13 heteroatoms. The molecule has 1 atom stereocenters. The fourth-order valence-electron chi connectivity index (χ4n) is 3.42. The van der Waals surface area contributed by atoms with Gasteiger partial charge in [-0.05, 0) is 36.8 Å². The van der Waals surface area contributed by atoms with Crippen LogP contribution in [0.1, 0.15) is 17.9 Å². The molecular weight excluding hydrogens is 490 g/mol. The molecule has 3 aromatic rings. The lowest BCUT2D eigenvalue weighted by atomic mass is 10.1. The highest BCUT2D eigenvalue weighted by atomic mass is 35.5. The molecule has 1 unspecified atom stereocenters. The van der Waals surface area contributed by atoms with E-state index in [0.29, 0.717) is 0 Å². The number of alkyl halides is 4. The highest BCUT2D eigenvalue weighted by molar-refractivity contribution is 6.31. The molecule has 0 radical (unpaired) electrons. The second-order valence-electron chi connectivity index (χ2n) is 7.52. The van der Waals surface area contributed by atoms with E-state index < -0.39 is 41.8 Å². The molecular formula is C21H15ClF6N4O2. The lowest BCUT2D eigenvalue weighted by molar-refractivity contribution is -0.156. The van der Waals surface area contributed by atoms with Crippen LogP contribution in [-0.4, -0.2) is 40.4 Å². The van der Waals surface area contributed by atoms with Gasteiger partial charge in [0.05, 0.1) is 18.1 Å². The Kier molecular flexibility index (Phi) is 6.43. The lowest BCUT2D eigenvalue weighted by Gasteiger charge is -2.28. The average Bonchev–Trinajstić information content (AvgIpc) is 3.44. The van der Waals surface area contributed by atoms with Crippen LogP contribution in [0.2, 0.25) is 5.02 Å². The fourth-order valence-corrected chi connectivity index (χ4v) is 3.59. The van der Waals surface area contributed by atoms with E-state index in [1.807, 2.05) is 0 Å². The number of hydrogen-bond acceptors (Lipinski definition) is 4. The zero-order valence-electron chi connectivity index (χ0n) is 17.1. The van der Waals surface area contributed by atoms with E-state index in [0.717, 1.165) is 17.0 Å². The molecule has 180 valence electrons. The third kappa shape index (κ3) is 4.96. The van der Waals surface area contributed by atoms with Gasteiger partial charge in [0.25, 0.3) is 0 Å². The first-order valence-electron chi connectivity index (χ1n) is 9.88. The predicted octanol–water partition coefficient (Wildman–Crippen LogP) is 5.86. The number of nitrogens with zero attached hydrogens (tertiary/aromatic N) is 4. The van der Waals surface area contributed by atoms with Gasteiger partial charge in [0.2, 0.25) is 5.89 Å². The summed E-state index contributed by atoms with van der Waals surface area (Å²) in [6, 6.07) is 6.21. The van der Waals surface area contributed by atoms with Crippen molar-refractivity contribution in [3.63, 3.8) is 0 Å². The second kappa shape index (κ2) is 9.16. The molecule has 6 nitrogen and oxygen atoms in total. The summed E-state index contributed by atoms with van der Waals surface area (Å²) in [6.45, 7) is -0.353. The number of carbonyl (C=O) groups is 1. The van der Waals surface area contributed by atoms with Gasteiger partial charge in [-0.1, -0.05) is 17.7 Å². The molecule has 1 aromatic heterocycles. The number of benzene rings is 2. The molecule has 1 fully saturated rings. The number of rotatable bonds is 4. The SMILES string of the molecule is O=C(N1CCC(F)C1)N(Cc1ccc(-c2nnc(C(F)(F)F)o2)cc1F)c1ccc(F)c(Cl)c1. The van der Waals surface area contributed by atoms with E-state index in [-0.39, 0.29) is 47.9 Å². The second-order valence-corrected chi connectivity index (χ2v) is 7.92. The van der Waals surface area contributed by atoms with Crippen LogP contribution in [0.5, 0.6) is 0 Å². The molecule has 1 aliphatic rings. The summed E-state index contributed by atoms with van der Waals surface area (Å²) < 4.78 is 84.8. The maximum Gasteiger partial charge on any atom is 0.470 e. The van der Waals surface area contributed by atoms with Crippen LogP contribution in [0, 0.1) is 11.6 Å². The van der Waals surface area contributed by atoms with Crippen molar-refractivity contribution in [2.45, 2.75) is 25.3 Å². The number of hydrogen-bond donors (Lipinski definition) is 0. The number of aromatic nitrogens is 2. The van der Waals surface area contributed by atoms with Crippen molar-refractivity contribution >= 4 is 23.3 Å². The number of carbonyl (C=O) groups excluding carboxylic acids is 1. The van der Waals surface area contributed by atoms with E-state index in [1.54, 1.807) is 0 Å². The van der Waals surface area contributed by atoms with Crippen molar-refractivity contribution in [2.75, 3.05) is 18.0 Å². The molecule has 2 amide bonds. The standard InChI is InChI=1S/C21H15ClF6N4O2/c22-15-8-14(3-4-16(15)24)32(20(33)31-6-5-13(23)10-31)9-12-2-1-11(7-17(12)25)18-29-30-19(34-18)21(26,27)28/h1-4,7-8,13H,5-6,9-10H2. The third-order valence-electron chi connectivity index (χ3n) is 5.14. The zero-order valence-corrected chi connectivity index (χ0v) is 17.9. The first-order chi connectivity index (χ1) is 16.0. The third-order valence-corrected chi connectivity index (χ3v) is 5.43. The molecule has 4 rings (SSSR count). The first-order valence-corrected chi connectivity index (χ1v) is 10.3. The Morgan fingerprint density at radius 2 is 1.91 bits per heavy atom. The Balaban J connectivity index is 1.63. The molecule has 0 bridgehead atoms. The molecule has 1 aliphatic heterocycles. The normalized spacial score (nSPS) is 16.2. The van der Waals surface area contributed by atoms with Gasteiger partial charge in [0, 0.05) is 23.4 Å². The summed E-state index contributed by atoms with van der Waals surface area (Å²) in [4.78, 5) is 15.4. The first kappa shape index (κ1) is 23.9. The Bertz CT molecular complexity index is 1220. The molecule has 2 heterocycles. The molecule has 2 aromatic carbocycles. The summed E-state index contributed by atoms with van der Waals surface area (Å²) in [5, 5.41) is 5.90. The molecule has 0 saturated carbocycles. The van der Waals surface area contributed by atoms with Gasteiger partial charge in [0.1, 0.15) is 17.8 Å². The number of amides is 2. The summed E-state index contributed by atoms with van der Waals surface area (Å²) >= 11 is 5.84. The minimum Gasteiger partial charge on any atom is -0.413 e. The zero-order chi connectivity index (χ0) is 24.6. The van der Waals surface area contributed by atoms with Crippen LogP contribution in [0.3, 0.4) is 0 Å².